The highest BCUT2D eigenvalue weighted by atomic mass is 16.5. The van der Waals surface area contributed by atoms with E-state index in [1.807, 2.05) is 18.2 Å². The summed E-state index contributed by atoms with van der Waals surface area (Å²) >= 11 is 0. The van der Waals surface area contributed by atoms with Crippen LogP contribution in [0.25, 0.3) is 0 Å². The summed E-state index contributed by atoms with van der Waals surface area (Å²) in [6, 6.07) is 5.63. The zero-order valence-electron chi connectivity index (χ0n) is 13.2. The fourth-order valence-corrected chi connectivity index (χ4v) is 2.91. The molecule has 1 aliphatic rings. The summed E-state index contributed by atoms with van der Waals surface area (Å²) in [6.45, 7) is 2.87. The summed E-state index contributed by atoms with van der Waals surface area (Å²) in [5.74, 6) is 1.36. The molecule has 0 aliphatic carbocycles. The minimum absolute atomic E-state index is 0.482. The number of aliphatic hydroxyl groups excluding tert-OH is 1. The number of ether oxygens (including phenoxy) is 2. The molecule has 1 aromatic carbocycles. The normalized spacial score (nSPS) is 18.6. The first-order valence-electron chi connectivity index (χ1n) is 7.87. The van der Waals surface area contributed by atoms with Crippen molar-refractivity contribution >= 4 is 0 Å². The molecule has 1 atom stereocenters. The van der Waals surface area contributed by atoms with E-state index in [9.17, 15) is 5.11 Å². The number of hydrogen-bond donors (Lipinski definition) is 1. The molecule has 1 aromatic rings. The van der Waals surface area contributed by atoms with E-state index >= 15 is 0 Å². The molecule has 0 saturated carbocycles. The fraction of sp³-hybridized carbons (Fsp3) is 0.647. The average molecular weight is 293 g/mol. The van der Waals surface area contributed by atoms with Gasteiger partial charge in [0, 0.05) is 6.54 Å². The standard InChI is InChI=1S/C17H27NO3/c1-20-16-9-8-14(12-17(16)21-2)15(19)13-18-10-6-4-3-5-7-11-18/h8-9,12,15,19H,3-7,10-11,13H2,1-2H3. The van der Waals surface area contributed by atoms with Crippen molar-refractivity contribution in [1.29, 1.82) is 0 Å². The average Bonchev–Trinajstić information content (AvgIpc) is 2.49. The van der Waals surface area contributed by atoms with Gasteiger partial charge < -0.3 is 19.5 Å². The second kappa shape index (κ2) is 8.25. The van der Waals surface area contributed by atoms with E-state index in [0.29, 0.717) is 18.0 Å². The molecule has 0 aromatic heterocycles. The SMILES string of the molecule is COc1ccc(C(O)CN2CCCCCCC2)cc1OC. The molecule has 2 rings (SSSR count). The van der Waals surface area contributed by atoms with Crippen LogP contribution in [0.4, 0.5) is 0 Å². The summed E-state index contributed by atoms with van der Waals surface area (Å²) in [7, 11) is 3.24. The van der Waals surface area contributed by atoms with Crippen LogP contribution in [0, 0.1) is 0 Å². The number of nitrogens with zero attached hydrogens (tertiary/aromatic N) is 1. The zero-order chi connectivity index (χ0) is 15.1. The second-order valence-corrected chi connectivity index (χ2v) is 5.70. The van der Waals surface area contributed by atoms with Gasteiger partial charge in [0.25, 0.3) is 0 Å². The van der Waals surface area contributed by atoms with Gasteiger partial charge in [-0.3, -0.25) is 0 Å². The summed E-state index contributed by atoms with van der Waals surface area (Å²) in [4.78, 5) is 2.38. The molecule has 0 bridgehead atoms. The van der Waals surface area contributed by atoms with E-state index in [-0.39, 0.29) is 0 Å². The molecular formula is C17H27NO3. The van der Waals surface area contributed by atoms with Gasteiger partial charge in [0.1, 0.15) is 0 Å². The largest absolute Gasteiger partial charge is 0.493 e. The van der Waals surface area contributed by atoms with E-state index in [1.165, 1.54) is 32.1 Å². The van der Waals surface area contributed by atoms with E-state index in [0.717, 1.165) is 18.7 Å². The Kier molecular flexibility index (Phi) is 6.33. The Balaban J connectivity index is 1.99. The van der Waals surface area contributed by atoms with Crippen LogP contribution in [0.2, 0.25) is 0 Å². The maximum atomic E-state index is 10.5. The Bertz CT molecular complexity index is 428. The Hall–Kier alpha value is -1.26. The van der Waals surface area contributed by atoms with Gasteiger partial charge in [0.2, 0.25) is 0 Å². The topological polar surface area (TPSA) is 41.9 Å². The maximum Gasteiger partial charge on any atom is 0.161 e. The molecule has 0 amide bonds. The highest BCUT2D eigenvalue weighted by molar-refractivity contribution is 5.43. The maximum absolute atomic E-state index is 10.5. The smallest absolute Gasteiger partial charge is 0.161 e. The third kappa shape index (κ3) is 4.61. The van der Waals surface area contributed by atoms with E-state index in [4.69, 9.17) is 9.47 Å². The van der Waals surface area contributed by atoms with Crippen molar-refractivity contribution in [2.75, 3.05) is 33.9 Å². The van der Waals surface area contributed by atoms with Gasteiger partial charge in [0.05, 0.1) is 20.3 Å². The quantitative estimate of drug-likeness (QED) is 0.906. The molecule has 21 heavy (non-hydrogen) atoms. The van der Waals surface area contributed by atoms with Gasteiger partial charge in [-0.25, -0.2) is 0 Å². The third-order valence-corrected chi connectivity index (χ3v) is 4.17. The van der Waals surface area contributed by atoms with Gasteiger partial charge in [-0.15, -0.1) is 0 Å². The highest BCUT2D eigenvalue weighted by Crippen LogP contribution is 2.30. The predicted molar refractivity (Wildman–Crippen MR) is 84.0 cm³/mol. The lowest BCUT2D eigenvalue weighted by atomic mass is 10.1. The van der Waals surface area contributed by atoms with Crippen LogP contribution in [0.1, 0.15) is 43.8 Å². The zero-order valence-corrected chi connectivity index (χ0v) is 13.2. The number of benzene rings is 1. The summed E-state index contributed by atoms with van der Waals surface area (Å²) < 4.78 is 10.5. The molecule has 4 nitrogen and oxygen atoms in total. The molecular weight excluding hydrogens is 266 g/mol. The van der Waals surface area contributed by atoms with Gasteiger partial charge in [-0.1, -0.05) is 25.3 Å². The first kappa shape index (κ1) is 16.1. The lowest BCUT2D eigenvalue weighted by Gasteiger charge is -2.27. The van der Waals surface area contributed by atoms with Crippen molar-refractivity contribution in [2.45, 2.75) is 38.2 Å². The number of aliphatic hydroxyl groups is 1. The number of hydrogen-bond acceptors (Lipinski definition) is 4. The van der Waals surface area contributed by atoms with Crippen molar-refractivity contribution in [3.63, 3.8) is 0 Å². The van der Waals surface area contributed by atoms with Crippen LogP contribution in [-0.2, 0) is 0 Å². The van der Waals surface area contributed by atoms with Gasteiger partial charge in [-0.05, 0) is 43.6 Å². The summed E-state index contributed by atoms with van der Waals surface area (Å²) in [5, 5.41) is 10.5. The predicted octanol–water partition coefficient (Wildman–Crippen LogP) is 3.00. The molecule has 1 fully saturated rings. The highest BCUT2D eigenvalue weighted by Gasteiger charge is 2.16. The number of rotatable bonds is 5. The minimum Gasteiger partial charge on any atom is -0.493 e. The van der Waals surface area contributed by atoms with Crippen LogP contribution in [0.3, 0.4) is 0 Å². The molecule has 1 aliphatic heterocycles. The fourth-order valence-electron chi connectivity index (χ4n) is 2.91. The van der Waals surface area contributed by atoms with Crippen LogP contribution in [0.5, 0.6) is 11.5 Å². The number of likely N-dealkylation sites (tertiary alicyclic amines) is 1. The number of methoxy groups -OCH3 is 2. The molecule has 1 heterocycles. The van der Waals surface area contributed by atoms with Crippen molar-refractivity contribution in [3.8, 4) is 11.5 Å². The minimum atomic E-state index is -0.482. The van der Waals surface area contributed by atoms with Crippen molar-refractivity contribution in [3.05, 3.63) is 23.8 Å². The molecule has 1 N–H and O–H groups in total. The Morgan fingerprint density at radius 2 is 1.62 bits per heavy atom. The first-order valence-corrected chi connectivity index (χ1v) is 7.87. The molecule has 4 heteroatoms. The van der Waals surface area contributed by atoms with Gasteiger partial charge in [0.15, 0.2) is 11.5 Å². The Morgan fingerprint density at radius 1 is 1.00 bits per heavy atom. The van der Waals surface area contributed by atoms with E-state index < -0.39 is 6.10 Å². The molecule has 118 valence electrons. The monoisotopic (exact) mass is 293 g/mol. The van der Waals surface area contributed by atoms with Gasteiger partial charge >= 0.3 is 0 Å². The second-order valence-electron chi connectivity index (χ2n) is 5.70. The summed E-state index contributed by atoms with van der Waals surface area (Å²) in [6.07, 6.45) is 5.96. The van der Waals surface area contributed by atoms with Crippen LogP contribution < -0.4 is 9.47 Å². The molecule has 1 saturated heterocycles. The van der Waals surface area contributed by atoms with E-state index in [2.05, 4.69) is 4.90 Å². The molecule has 0 radical (unpaired) electrons. The van der Waals surface area contributed by atoms with Crippen molar-refractivity contribution in [1.82, 2.24) is 4.90 Å². The van der Waals surface area contributed by atoms with Crippen molar-refractivity contribution in [2.24, 2.45) is 0 Å². The van der Waals surface area contributed by atoms with Crippen LogP contribution in [0.15, 0.2) is 18.2 Å². The van der Waals surface area contributed by atoms with Gasteiger partial charge in [-0.2, -0.15) is 0 Å². The van der Waals surface area contributed by atoms with E-state index in [1.54, 1.807) is 14.2 Å². The van der Waals surface area contributed by atoms with Crippen LogP contribution in [-0.4, -0.2) is 43.9 Å². The lowest BCUT2D eigenvalue weighted by molar-refractivity contribution is 0.107. The molecule has 1 unspecified atom stereocenters. The van der Waals surface area contributed by atoms with Crippen LogP contribution >= 0.6 is 0 Å². The summed E-state index contributed by atoms with van der Waals surface area (Å²) in [5.41, 5.74) is 0.884. The first-order chi connectivity index (χ1) is 10.2. The Morgan fingerprint density at radius 3 is 2.24 bits per heavy atom. The third-order valence-electron chi connectivity index (χ3n) is 4.17. The lowest BCUT2D eigenvalue weighted by Crippen LogP contribution is -2.31. The Labute approximate surface area is 127 Å². The number of β-amino-alcohol motifs (C(OH)–C–C–N with tert-alkyl or cyclic N) is 1. The molecule has 0 spiro atoms. The van der Waals surface area contributed by atoms with Crippen molar-refractivity contribution < 1.29 is 14.6 Å².